The third-order valence-corrected chi connectivity index (χ3v) is 2.30. The number of likely N-dealkylation sites (N-methyl/N-ethyl adjacent to an activating group) is 1. The van der Waals surface area contributed by atoms with Crippen LogP contribution in [0.3, 0.4) is 0 Å². The highest BCUT2D eigenvalue weighted by Gasteiger charge is 2.15. The fourth-order valence-corrected chi connectivity index (χ4v) is 1.48. The SMILES string of the molecule is CCNC(=O)CNC(=O)c1cc(N)cc(C)c1F. The second-order valence-electron chi connectivity index (χ2n) is 3.84. The Morgan fingerprint density at radius 2 is 2.00 bits per heavy atom. The van der Waals surface area contributed by atoms with Crippen molar-refractivity contribution >= 4 is 17.5 Å². The van der Waals surface area contributed by atoms with Crippen molar-refractivity contribution in [1.29, 1.82) is 0 Å². The van der Waals surface area contributed by atoms with Gasteiger partial charge in [-0.2, -0.15) is 0 Å². The van der Waals surface area contributed by atoms with Gasteiger partial charge in [0.15, 0.2) is 0 Å². The van der Waals surface area contributed by atoms with Crippen molar-refractivity contribution in [2.45, 2.75) is 13.8 Å². The maximum Gasteiger partial charge on any atom is 0.254 e. The van der Waals surface area contributed by atoms with Crippen LogP contribution in [-0.2, 0) is 4.79 Å². The molecule has 4 N–H and O–H groups in total. The molecule has 0 saturated carbocycles. The highest BCUT2D eigenvalue weighted by molar-refractivity contribution is 5.97. The first kappa shape index (κ1) is 14.0. The average molecular weight is 253 g/mol. The van der Waals surface area contributed by atoms with Crippen LogP contribution in [0.15, 0.2) is 12.1 Å². The molecule has 1 aromatic rings. The first-order valence-electron chi connectivity index (χ1n) is 5.56. The maximum atomic E-state index is 13.7. The molecule has 0 aliphatic rings. The van der Waals surface area contributed by atoms with E-state index in [1.165, 1.54) is 19.1 Å². The van der Waals surface area contributed by atoms with Gasteiger partial charge in [-0.3, -0.25) is 9.59 Å². The van der Waals surface area contributed by atoms with Gasteiger partial charge in [-0.25, -0.2) is 4.39 Å². The van der Waals surface area contributed by atoms with Crippen molar-refractivity contribution in [3.8, 4) is 0 Å². The van der Waals surface area contributed by atoms with Crippen LogP contribution in [0.25, 0.3) is 0 Å². The minimum absolute atomic E-state index is 0.156. The molecule has 0 saturated heterocycles. The van der Waals surface area contributed by atoms with Gasteiger partial charge in [-0.15, -0.1) is 0 Å². The number of nitrogens with one attached hydrogen (secondary N) is 2. The number of benzene rings is 1. The van der Waals surface area contributed by atoms with Crippen LogP contribution in [-0.4, -0.2) is 24.9 Å². The number of rotatable bonds is 4. The van der Waals surface area contributed by atoms with E-state index in [9.17, 15) is 14.0 Å². The Morgan fingerprint density at radius 1 is 1.33 bits per heavy atom. The minimum Gasteiger partial charge on any atom is -0.399 e. The van der Waals surface area contributed by atoms with Crippen molar-refractivity contribution in [2.24, 2.45) is 0 Å². The average Bonchev–Trinajstić information content (AvgIpc) is 2.31. The number of amides is 2. The van der Waals surface area contributed by atoms with Gasteiger partial charge in [0.2, 0.25) is 5.91 Å². The zero-order valence-corrected chi connectivity index (χ0v) is 10.3. The fraction of sp³-hybridized carbons (Fsp3) is 0.333. The van der Waals surface area contributed by atoms with Crippen LogP contribution in [0.1, 0.15) is 22.8 Å². The second-order valence-corrected chi connectivity index (χ2v) is 3.84. The summed E-state index contributed by atoms with van der Waals surface area (Å²) in [5.74, 6) is -1.61. The van der Waals surface area contributed by atoms with Crippen LogP contribution >= 0.6 is 0 Å². The Balaban J connectivity index is 2.76. The molecule has 0 spiro atoms. The van der Waals surface area contributed by atoms with E-state index in [0.29, 0.717) is 12.2 Å². The molecule has 0 fully saturated rings. The molecule has 0 aliphatic heterocycles. The molecule has 2 amide bonds. The smallest absolute Gasteiger partial charge is 0.254 e. The monoisotopic (exact) mass is 253 g/mol. The number of halogens is 1. The summed E-state index contributed by atoms with van der Waals surface area (Å²) >= 11 is 0. The lowest BCUT2D eigenvalue weighted by Gasteiger charge is -2.08. The minimum atomic E-state index is -0.658. The van der Waals surface area contributed by atoms with Gasteiger partial charge >= 0.3 is 0 Å². The van der Waals surface area contributed by atoms with E-state index >= 15 is 0 Å². The van der Waals surface area contributed by atoms with Crippen molar-refractivity contribution < 1.29 is 14.0 Å². The number of carbonyl (C=O) groups is 2. The van der Waals surface area contributed by atoms with E-state index in [-0.39, 0.29) is 23.6 Å². The van der Waals surface area contributed by atoms with E-state index in [0.717, 1.165) is 0 Å². The van der Waals surface area contributed by atoms with E-state index in [4.69, 9.17) is 5.73 Å². The predicted octanol–water partition coefficient (Wildman–Crippen LogP) is 0.582. The molecule has 0 heterocycles. The molecule has 0 aliphatic carbocycles. The number of nitrogen functional groups attached to an aromatic ring is 1. The molecule has 1 aromatic carbocycles. The molecule has 0 radical (unpaired) electrons. The number of hydrogen-bond acceptors (Lipinski definition) is 3. The number of carbonyl (C=O) groups excluding carboxylic acids is 2. The number of nitrogens with two attached hydrogens (primary N) is 1. The Kier molecular flexibility index (Phi) is 4.65. The number of anilines is 1. The zero-order chi connectivity index (χ0) is 13.7. The van der Waals surface area contributed by atoms with Gasteiger partial charge in [0.1, 0.15) is 5.82 Å². The van der Waals surface area contributed by atoms with E-state index in [1.54, 1.807) is 6.92 Å². The van der Waals surface area contributed by atoms with Gasteiger partial charge in [0.05, 0.1) is 12.1 Å². The van der Waals surface area contributed by atoms with Gasteiger partial charge < -0.3 is 16.4 Å². The first-order chi connectivity index (χ1) is 8.45. The fourth-order valence-electron chi connectivity index (χ4n) is 1.48. The topological polar surface area (TPSA) is 84.2 Å². The van der Waals surface area contributed by atoms with Crippen molar-refractivity contribution in [1.82, 2.24) is 10.6 Å². The third-order valence-electron chi connectivity index (χ3n) is 2.30. The summed E-state index contributed by atoms with van der Waals surface area (Å²) in [5.41, 5.74) is 5.98. The Labute approximate surface area is 105 Å². The lowest BCUT2D eigenvalue weighted by Crippen LogP contribution is -2.37. The van der Waals surface area contributed by atoms with E-state index in [1.807, 2.05) is 0 Å². The molecule has 18 heavy (non-hydrogen) atoms. The number of hydrogen-bond donors (Lipinski definition) is 3. The van der Waals surface area contributed by atoms with Crippen molar-refractivity contribution in [2.75, 3.05) is 18.8 Å². The first-order valence-corrected chi connectivity index (χ1v) is 5.56. The van der Waals surface area contributed by atoms with Crippen LogP contribution in [0.4, 0.5) is 10.1 Å². The van der Waals surface area contributed by atoms with Gasteiger partial charge in [-0.1, -0.05) is 0 Å². The molecule has 98 valence electrons. The van der Waals surface area contributed by atoms with Gasteiger partial charge in [0, 0.05) is 12.2 Å². The lowest BCUT2D eigenvalue weighted by atomic mass is 10.1. The van der Waals surface area contributed by atoms with Crippen LogP contribution in [0.2, 0.25) is 0 Å². The second kappa shape index (κ2) is 6.00. The summed E-state index contributed by atoms with van der Waals surface area (Å²) in [6, 6.07) is 2.69. The van der Waals surface area contributed by atoms with Crippen molar-refractivity contribution in [3.63, 3.8) is 0 Å². The maximum absolute atomic E-state index is 13.7. The molecule has 0 atom stereocenters. The molecule has 0 unspecified atom stereocenters. The molecule has 5 nitrogen and oxygen atoms in total. The van der Waals surface area contributed by atoms with Crippen LogP contribution in [0, 0.1) is 12.7 Å². The summed E-state index contributed by atoms with van der Waals surface area (Å²) in [7, 11) is 0. The van der Waals surface area contributed by atoms with E-state index < -0.39 is 11.7 Å². The third kappa shape index (κ3) is 3.44. The molecular formula is C12H16FN3O2. The highest BCUT2D eigenvalue weighted by atomic mass is 19.1. The summed E-state index contributed by atoms with van der Waals surface area (Å²) < 4.78 is 13.7. The lowest BCUT2D eigenvalue weighted by molar-refractivity contribution is -0.120. The molecule has 1 rings (SSSR count). The summed E-state index contributed by atoms with van der Waals surface area (Å²) in [4.78, 5) is 22.8. The van der Waals surface area contributed by atoms with Crippen LogP contribution < -0.4 is 16.4 Å². The normalized spacial score (nSPS) is 9.94. The Morgan fingerprint density at radius 3 is 2.61 bits per heavy atom. The molecule has 0 bridgehead atoms. The predicted molar refractivity (Wildman–Crippen MR) is 66.6 cm³/mol. The summed E-state index contributed by atoms with van der Waals surface area (Å²) in [6.45, 7) is 3.56. The van der Waals surface area contributed by atoms with Crippen LogP contribution in [0.5, 0.6) is 0 Å². The highest BCUT2D eigenvalue weighted by Crippen LogP contribution is 2.16. The van der Waals surface area contributed by atoms with E-state index in [2.05, 4.69) is 10.6 Å². The van der Waals surface area contributed by atoms with Crippen molar-refractivity contribution in [3.05, 3.63) is 29.1 Å². The zero-order valence-electron chi connectivity index (χ0n) is 10.3. The quantitative estimate of drug-likeness (QED) is 0.686. The number of aryl methyl sites for hydroxylation is 1. The molecule has 0 aromatic heterocycles. The summed E-state index contributed by atoms with van der Waals surface area (Å²) in [6.07, 6.45) is 0. The van der Waals surface area contributed by atoms with Gasteiger partial charge in [-0.05, 0) is 31.5 Å². The van der Waals surface area contributed by atoms with Gasteiger partial charge in [0.25, 0.3) is 5.91 Å². The largest absolute Gasteiger partial charge is 0.399 e. The Bertz CT molecular complexity index is 475. The molecular weight excluding hydrogens is 237 g/mol. The Hall–Kier alpha value is -2.11. The standard InChI is InChI=1S/C12H16FN3O2/c1-3-15-10(17)6-16-12(18)9-5-8(14)4-7(2)11(9)13/h4-5H,3,6,14H2,1-2H3,(H,15,17)(H,16,18). The summed E-state index contributed by atoms with van der Waals surface area (Å²) in [5, 5.41) is 4.85. The molecule has 6 heteroatoms.